The van der Waals surface area contributed by atoms with Crippen LogP contribution in [0.1, 0.15) is 0 Å². The van der Waals surface area contributed by atoms with E-state index in [2.05, 4.69) is 5.32 Å². The van der Waals surface area contributed by atoms with Crippen molar-refractivity contribution >= 4 is 11.6 Å². The van der Waals surface area contributed by atoms with Gasteiger partial charge in [0.2, 0.25) is 5.91 Å². The van der Waals surface area contributed by atoms with E-state index in [0.717, 1.165) is 6.07 Å². The predicted molar refractivity (Wildman–Crippen MR) is 44.0 cm³/mol. The van der Waals surface area contributed by atoms with Crippen LogP contribution in [0.2, 0.25) is 0 Å². The molecule has 1 aromatic rings. The molecule has 3 N–H and O–H groups in total. The molecule has 1 rings (SSSR count). The van der Waals surface area contributed by atoms with Crippen LogP contribution >= 0.6 is 0 Å². The zero-order valence-electron chi connectivity index (χ0n) is 6.98. The molecule has 1 amide bonds. The number of hydrogen-bond acceptors (Lipinski definition) is 2. The average Bonchev–Trinajstić information content (AvgIpc) is 2.08. The molecule has 3 nitrogen and oxygen atoms in total. The second-order valence-electron chi connectivity index (χ2n) is 2.57. The van der Waals surface area contributed by atoms with Crippen LogP contribution in [0.25, 0.3) is 0 Å². The third-order valence-electron chi connectivity index (χ3n) is 1.45. The van der Waals surface area contributed by atoms with Gasteiger partial charge in [-0.1, -0.05) is 0 Å². The normalized spacial score (nSPS) is 9.93. The lowest BCUT2D eigenvalue weighted by Crippen LogP contribution is -2.22. The second kappa shape index (κ2) is 3.99. The number of nitrogens with two attached hydrogens (primary N) is 1. The van der Waals surface area contributed by atoms with E-state index in [0.29, 0.717) is 6.07 Å². The maximum absolute atomic E-state index is 12.9. The summed E-state index contributed by atoms with van der Waals surface area (Å²) in [7, 11) is 0. The minimum atomic E-state index is -1.32. The molecule has 0 aliphatic rings. The highest BCUT2D eigenvalue weighted by atomic mass is 19.2. The standard InChI is InChI=1S/C8H7F3N2O/c9-4-1-5(10)8(11)6(2-4)13-3-7(12)14/h1-2,13H,3H2,(H2,12,14). The Kier molecular flexibility index (Phi) is 2.95. The molecule has 0 aromatic heterocycles. The molecule has 0 fully saturated rings. The lowest BCUT2D eigenvalue weighted by atomic mass is 10.3. The molecule has 1 aromatic carbocycles. The highest BCUT2D eigenvalue weighted by molar-refractivity contribution is 5.78. The summed E-state index contributed by atoms with van der Waals surface area (Å²) < 4.78 is 38.0. The van der Waals surface area contributed by atoms with Crippen LogP contribution in [0.3, 0.4) is 0 Å². The van der Waals surface area contributed by atoms with Gasteiger partial charge in [-0.15, -0.1) is 0 Å². The fourth-order valence-corrected chi connectivity index (χ4v) is 0.867. The lowest BCUT2D eigenvalue weighted by Gasteiger charge is -2.05. The average molecular weight is 204 g/mol. The molecule has 76 valence electrons. The first kappa shape index (κ1) is 10.4. The SMILES string of the molecule is NC(=O)CNc1cc(F)cc(F)c1F. The predicted octanol–water partition coefficient (Wildman–Crippen LogP) is 1.00. The first-order valence-electron chi connectivity index (χ1n) is 3.67. The number of nitrogens with one attached hydrogen (secondary N) is 1. The van der Waals surface area contributed by atoms with Crippen molar-refractivity contribution in [2.75, 3.05) is 11.9 Å². The molecule has 0 atom stereocenters. The number of amides is 1. The molecule has 0 bridgehead atoms. The van der Waals surface area contributed by atoms with Crippen molar-refractivity contribution in [1.82, 2.24) is 0 Å². The number of hydrogen-bond donors (Lipinski definition) is 2. The molecule has 0 heterocycles. The molecule has 0 aliphatic heterocycles. The van der Waals surface area contributed by atoms with E-state index >= 15 is 0 Å². The summed E-state index contributed by atoms with van der Waals surface area (Å²) in [6.07, 6.45) is 0. The molecule has 0 saturated heterocycles. The number of carbonyl (C=O) groups is 1. The monoisotopic (exact) mass is 204 g/mol. The molecule has 0 saturated carbocycles. The van der Waals surface area contributed by atoms with E-state index in [1.165, 1.54) is 0 Å². The van der Waals surface area contributed by atoms with Gasteiger partial charge in [-0.2, -0.15) is 0 Å². The first-order valence-corrected chi connectivity index (χ1v) is 3.67. The van der Waals surface area contributed by atoms with Gasteiger partial charge >= 0.3 is 0 Å². The van der Waals surface area contributed by atoms with Crippen LogP contribution in [0, 0.1) is 17.5 Å². The number of halogens is 3. The highest BCUT2D eigenvalue weighted by Crippen LogP contribution is 2.18. The van der Waals surface area contributed by atoms with Crippen molar-refractivity contribution in [2.45, 2.75) is 0 Å². The topological polar surface area (TPSA) is 55.1 Å². The van der Waals surface area contributed by atoms with Gasteiger partial charge in [0.1, 0.15) is 5.82 Å². The third-order valence-corrected chi connectivity index (χ3v) is 1.45. The van der Waals surface area contributed by atoms with E-state index in [9.17, 15) is 18.0 Å². The maximum Gasteiger partial charge on any atom is 0.236 e. The van der Waals surface area contributed by atoms with Gasteiger partial charge < -0.3 is 11.1 Å². The lowest BCUT2D eigenvalue weighted by molar-refractivity contribution is -0.116. The summed E-state index contributed by atoms with van der Waals surface area (Å²) in [4.78, 5) is 10.3. The van der Waals surface area contributed by atoms with Crippen LogP contribution < -0.4 is 11.1 Å². The Balaban J connectivity index is 2.90. The van der Waals surface area contributed by atoms with Crippen molar-refractivity contribution in [3.8, 4) is 0 Å². The Hall–Kier alpha value is -1.72. The summed E-state index contributed by atoms with van der Waals surface area (Å²) in [6.45, 7) is -0.389. The van der Waals surface area contributed by atoms with Crippen molar-refractivity contribution in [3.63, 3.8) is 0 Å². The van der Waals surface area contributed by atoms with Gasteiger partial charge in [0, 0.05) is 12.1 Å². The fraction of sp³-hybridized carbons (Fsp3) is 0.125. The zero-order valence-corrected chi connectivity index (χ0v) is 6.98. The minimum absolute atomic E-state index is 0.389. The molecule has 0 aliphatic carbocycles. The van der Waals surface area contributed by atoms with Crippen molar-refractivity contribution in [3.05, 3.63) is 29.6 Å². The van der Waals surface area contributed by atoms with E-state index in [4.69, 9.17) is 5.73 Å². The highest BCUT2D eigenvalue weighted by Gasteiger charge is 2.10. The van der Waals surface area contributed by atoms with Crippen LogP contribution in [0.5, 0.6) is 0 Å². The summed E-state index contributed by atoms with van der Waals surface area (Å²) in [5, 5.41) is 2.16. The Morgan fingerprint density at radius 3 is 2.57 bits per heavy atom. The Bertz CT molecular complexity index is 368. The third kappa shape index (κ3) is 2.38. The van der Waals surface area contributed by atoms with Crippen LogP contribution in [-0.4, -0.2) is 12.5 Å². The Morgan fingerprint density at radius 1 is 1.36 bits per heavy atom. The molecule has 0 radical (unpaired) electrons. The van der Waals surface area contributed by atoms with E-state index < -0.39 is 29.0 Å². The zero-order chi connectivity index (χ0) is 10.7. The molecule has 0 spiro atoms. The van der Waals surface area contributed by atoms with E-state index in [1.807, 2.05) is 0 Å². The molecule has 6 heteroatoms. The molecular weight excluding hydrogens is 197 g/mol. The number of carbonyl (C=O) groups excluding carboxylic acids is 1. The van der Waals surface area contributed by atoms with Crippen LogP contribution in [-0.2, 0) is 4.79 Å². The van der Waals surface area contributed by atoms with Gasteiger partial charge in [0.05, 0.1) is 12.2 Å². The number of primary amides is 1. The smallest absolute Gasteiger partial charge is 0.236 e. The van der Waals surface area contributed by atoms with Crippen molar-refractivity contribution in [2.24, 2.45) is 5.73 Å². The fourth-order valence-electron chi connectivity index (χ4n) is 0.867. The Labute approximate surface area is 77.7 Å². The quantitative estimate of drug-likeness (QED) is 0.721. The van der Waals surface area contributed by atoms with Crippen LogP contribution in [0.15, 0.2) is 12.1 Å². The molecular formula is C8H7F3N2O. The van der Waals surface area contributed by atoms with Gasteiger partial charge in [-0.3, -0.25) is 4.79 Å². The Morgan fingerprint density at radius 2 is 2.00 bits per heavy atom. The second-order valence-corrected chi connectivity index (χ2v) is 2.57. The van der Waals surface area contributed by atoms with Gasteiger partial charge in [0.15, 0.2) is 11.6 Å². The number of rotatable bonds is 3. The van der Waals surface area contributed by atoms with Gasteiger partial charge in [-0.25, -0.2) is 13.2 Å². The minimum Gasteiger partial charge on any atom is -0.374 e. The molecule has 14 heavy (non-hydrogen) atoms. The van der Waals surface area contributed by atoms with Crippen LogP contribution in [0.4, 0.5) is 18.9 Å². The van der Waals surface area contributed by atoms with Gasteiger partial charge in [-0.05, 0) is 0 Å². The van der Waals surface area contributed by atoms with E-state index in [-0.39, 0.29) is 6.54 Å². The van der Waals surface area contributed by atoms with E-state index in [1.54, 1.807) is 0 Å². The maximum atomic E-state index is 12.9. The summed E-state index contributed by atoms with van der Waals surface area (Å²) in [5.74, 6) is -4.26. The summed E-state index contributed by atoms with van der Waals surface area (Å²) in [5.41, 5.74) is 4.33. The first-order chi connectivity index (χ1) is 6.50. The summed E-state index contributed by atoms with van der Waals surface area (Å²) in [6, 6.07) is 1.14. The number of benzene rings is 1. The number of anilines is 1. The largest absolute Gasteiger partial charge is 0.374 e. The van der Waals surface area contributed by atoms with Crippen molar-refractivity contribution < 1.29 is 18.0 Å². The van der Waals surface area contributed by atoms with Crippen molar-refractivity contribution in [1.29, 1.82) is 0 Å². The molecule has 0 unspecified atom stereocenters. The van der Waals surface area contributed by atoms with Gasteiger partial charge in [0.25, 0.3) is 0 Å². The summed E-state index contributed by atoms with van der Waals surface area (Å²) >= 11 is 0.